The molecule has 0 bridgehead atoms. The largest absolute Gasteiger partial charge is 0.381 e. The maximum atomic E-state index is 4.76. The maximum Gasteiger partial charge on any atom is 0.0576 e. The van der Waals surface area contributed by atoms with Crippen LogP contribution >= 0.6 is 0 Å². The van der Waals surface area contributed by atoms with Crippen LogP contribution in [0.25, 0.3) is 0 Å². The van der Waals surface area contributed by atoms with Crippen LogP contribution in [0.3, 0.4) is 0 Å². The minimum absolute atomic E-state index is 0.0711. The summed E-state index contributed by atoms with van der Waals surface area (Å²) in [6, 6.07) is 28.0. The molecular formula is C22H22N2. The van der Waals surface area contributed by atoms with Crippen LogP contribution in [0.5, 0.6) is 0 Å². The van der Waals surface area contributed by atoms with Crippen molar-refractivity contribution in [3.63, 3.8) is 0 Å². The summed E-state index contributed by atoms with van der Waals surface area (Å²) in [7, 11) is 0. The Balaban J connectivity index is 1.80. The van der Waals surface area contributed by atoms with Crippen LogP contribution < -0.4 is 5.32 Å². The number of benzene rings is 2. The van der Waals surface area contributed by atoms with Gasteiger partial charge in [-0.3, -0.25) is 4.98 Å². The van der Waals surface area contributed by atoms with Crippen molar-refractivity contribution < 1.29 is 0 Å². The molecule has 24 heavy (non-hydrogen) atoms. The van der Waals surface area contributed by atoms with Crippen molar-refractivity contribution in [1.82, 2.24) is 4.98 Å². The lowest BCUT2D eigenvalue weighted by atomic mass is 9.72. The molecule has 2 aromatic carbocycles. The molecule has 1 aromatic heterocycles. The molecule has 4 rings (SSSR count). The third-order valence-corrected chi connectivity index (χ3v) is 5.18. The van der Waals surface area contributed by atoms with Crippen molar-refractivity contribution >= 4 is 5.69 Å². The van der Waals surface area contributed by atoms with E-state index in [9.17, 15) is 0 Å². The lowest BCUT2D eigenvalue weighted by Gasteiger charge is -2.37. The molecular weight excluding hydrogens is 292 g/mol. The first kappa shape index (κ1) is 14.9. The van der Waals surface area contributed by atoms with Crippen molar-refractivity contribution in [2.24, 2.45) is 0 Å². The molecule has 1 saturated carbocycles. The van der Waals surface area contributed by atoms with Gasteiger partial charge in [0.2, 0.25) is 0 Å². The molecule has 0 unspecified atom stereocenters. The van der Waals surface area contributed by atoms with Crippen molar-refractivity contribution in [2.45, 2.75) is 30.7 Å². The van der Waals surface area contributed by atoms with E-state index in [1.807, 2.05) is 12.3 Å². The average molecular weight is 314 g/mol. The summed E-state index contributed by atoms with van der Waals surface area (Å²) in [5.74, 6) is 0. The molecule has 1 aliphatic carbocycles. The van der Waals surface area contributed by atoms with Gasteiger partial charge in [-0.25, -0.2) is 0 Å². The number of hydrogen-bond acceptors (Lipinski definition) is 2. The van der Waals surface area contributed by atoms with Gasteiger partial charge in [0.05, 0.1) is 11.1 Å². The molecule has 3 aromatic rings. The second-order valence-corrected chi connectivity index (χ2v) is 6.51. The summed E-state index contributed by atoms with van der Waals surface area (Å²) >= 11 is 0. The molecule has 1 aliphatic rings. The zero-order chi connectivity index (χ0) is 16.2. The van der Waals surface area contributed by atoms with E-state index in [1.165, 1.54) is 23.4 Å². The average Bonchev–Trinajstić information content (AvgIpc) is 3.08. The van der Waals surface area contributed by atoms with E-state index in [1.54, 1.807) is 0 Å². The van der Waals surface area contributed by atoms with Crippen LogP contribution in [0.15, 0.2) is 85.1 Å². The van der Waals surface area contributed by atoms with Gasteiger partial charge in [0.15, 0.2) is 0 Å². The Morgan fingerprint density at radius 1 is 0.833 bits per heavy atom. The van der Waals surface area contributed by atoms with E-state index in [0.29, 0.717) is 6.04 Å². The minimum Gasteiger partial charge on any atom is -0.381 e. The lowest BCUT2D eigenvalue weighted by Crippen LogP contribution is -2.41. The number of hydrogen-bond donors (Lipinski definition) is 1. The zero-order valence-corrected chi connectivity index (χ0v) is 13.7. The van der Waals surface area contributed by atoms with Crippen LogP contribution in [0, 0.1) is 0 Å². The van der Waals surface area contributed by atoms with Gasteiger partial charge in [0.1, 0.15) is 0 Å². The molecule has 0 radical (unpaired) electrons. The summed E-state index contributed by atoms with van der Waals surface area (Å²) in [5.41, 5.74) is 3.63. The van der Waals surface area contributed by atoms with Crippen molar-refractivity contribution in [3.05, 3.63) is 96.3 Å². The number of aromatic nitrogens is 1. The fourth-order valence-electron chi connectivity index (χ4n) is 4.10. The van der Waals surface area contributed by atoms with Crippen LogP contribution in [-0.2, 0) is 5.41 Å². The van der Waals surface area contributed by atoms with E-state index >= 15 is 0 Å². The van der Waals surface area contributed by atoms with E-state index in [-0.39, 0.29) is 5.41 Å². The molecule has 0 spiro atoms. The Labute approximate surface area is 143 Å². The smallest absolute Gasteiger partial charge is 0.0576 e. The normalized spacial score (nSPS) is 23.1. The zero-order valence-electron chi connectivity index (χ0n) is 13.7. The molecule has 0 amide bonds. The van der Waals surface area contributed by atoms with Gasteiger partial charge in [-0.1, -0.05) is 61.0 Å². The third kappa shape index (κ3) is 2.58. The second kappa shape index (κ2) is 6.48. The van der Waals surface area contributed by atoms with Crippen LogP contribution in [0.2, 0.25) is 0 Å². The third-order valence-electron chi connectivity index (χ3n) is 5.18. The Hall–Kier alpha value is -2.61. The van der Waals surface area contributed by atoms with E-state index in [2.05, 4.69) is 78.1 Å². The predicted molar refractivity (Wildman–Crippen MR) is 99.2 cm³/mol. The predicted octanol–water partition coefficient (Wildman–Crippen LogP) is 5.03. The highest BCUT2D eigenvalue weighted by Gasteiger charge is 2.46. The second-order valence-electron chi connectivity index (χ2n) is 6.51. The topological polar surface area (TPSA) is 24.9 Å². The molecule has 1 heterocycles. The molecule has 2 heteroatoms. The number of rotatable bonds is 4. The van der Waals surface area contributed by atoms with Crippen molar-refractivity contribution in [3.8, 4) is 0 Å². The van der Waals surface area contributed by atoms with Gasteiger partial charge in [0.25, 0.3) is 0 Å². The summed E-state index contributed by atoms with van der Waals surface area (Å²) < 4.78 is 0. The Kier molecular flexibility index (Phi) is 4.04. The van der Waals surface area contributed by atoms with E-state index in [4.69, 9.17) is 4.98 Å². The molecule has 1 N–H and O–H groups in total. The fourth-order valence-corrected chi connectivity index (χ4v) is 4.10. The highest BCUT2D eigenvalue weighted by atomic mass is 15.0. The monoisotopic (exact) mass is 314 g/mol. The summed E-state index contributed by atoms with van der Waals surface area (Å²) in [6.45, 7) is 0. The molecule has 1 fully saturated rings. The van der Waals surface area contributed by atoms with Gasteiger partial charge in [-0.15, -0.1) is 0 Å². The first-order chi connectivity index (χ1) is 11.9. The quantitative estimate of drug-likeness (QED) is 0.730. The maximum absolute atomic E-state index is 4.76. The summed E-state index contributed by atoms with van der Waals surface area (Å²) in [4.78, 5) is 4.76. The highest BCUT2D eigenvalue weighted by molar-refractivity contribution is 5.49. The fraction of sp³-hybridized carbons (Fsp3) is 0.227. The lowest BCUT2D eigenvalue weighted by molar-refractivity contribution is 0.476. The van der Waals surface area contributed by atoms with E-state index in [0.717, 1.165) is 12.8 Å². The standard InChI is InChI=1S/C22H22N2/c1-3-10-18(11-4-1)22(20-14-7-8-17-23-20)16-9-15-21(22)24-19-12-5-2-6-13-19/h1-8,10-14,17,21,24H,9,15-16H2/t21-,22-/m1/s1. The van der Waals surface area contributed by atoms with Crippen LogP contribution in [0.4, 0.5) is 5.69 Å². The molecule has 2 atom stereocenters. The number of para-hydroxylation sites is 1. The Morgan fingerprint density at radius 2 is 1.54 bits per heavy atom. The highest BCUT2D eigenvalue weighted by Crippen LogP contribution is 2.46. The summed E-state index contributed by atoms with van der Waals surface area (Å²) in [5, 5.41) is 3.79. The van der Waals surface area contributed by atoms with Gasteiger partial charge in [0, 0.05) is 17.9 Å². The van der Waals surface area contributed by atoms with Gasteiger partial charge >= 0.3 is 0 Å². The number of nitrogens with one attached hydrogen (secondary N) is 1. The van der Waals surface area contributed by atoms with Gasteiger partial charge in [-0.2, -0.15) is 0 Å². The first-order valence-corrected chi connectivity index (χ1v) is 8.68. The van der Waals surface area contributed by atoms with Crippen molar-refractivity contribution in [2.75, 3.05) is 5.32 Å². The van der Waals surface area contributed by atoms with Gasteiger partial charge in [-0.05, 0) is 42.7 Å². The van der Waals surface area contributed by atoms with Crippen LogP contribution in [0.1, 0.15) is 30.5 Å². The number of nitrogens with zero attached hydrogens (tertiary/aromatic N) is 1. The van der Waals surface area contributed by atoms with Crippen molar-refractivity contribution in [1.29, 1.82) is 0 Å². The first-order valence-electron chi connectivity index (χ1n) is 8.68. The molecule has 0 saturated heterocycles. The Morgan fingerprint density at radius 3 is 2.25 bits per heavy atom. The van der Waals surface area contributed by atoms with Crippen LogP contribution in [-0.4, -0.2) is 11.0 Å². The minimum atomic E-state index is -0.0711. The molecule has 0 aliphatic heterocycles. The number of pyridine rings is 1. The van der Waals surface area contributed by atoms with Gasteiger partial charge < -0.3 is 5.32 Å². The molecule has 120 valence electrons. The SMILES string of the molecule is c1ccc(N[C@@H]2CCC[C@@]2(c2ccccc2)c2ccccn2)cc1. The van der Waals surface area contributed by atoms with E-state index < -0.39 is 0 Å². The molecule has 2 nitrogen and oxygen atoms in total. The Bertz CT molecular complexity index is 729. The number of anilines is 1. The summed E-state index contributed by atoms with van der Waals surface area (Å²) in [6.07, 6.45) is 5.40.